The van der Waals surface area contributed by atoms with Crippen LogP contribution in [-0.4, -0.2) is 27.0 Å². The Morgan fingerprint density at radius 3 is 2.71 bits per heavy atom. The number of terminal acetylenes is 1. The number of allylic oxidation sites excluding steroid dienone is 1. The lowest BCUT2D eigenvalue weighted by Crippen LogP contribution is -2.41. The SMILES string of the molecule is C#CCN=Cc1c(O)n(CCCC)c(=O)n(CC=C)c1=O. The number of unbranched alkanes of at least 4 members (excludes halogenated alkanes) is 1. The second-order valence-electron chi connectivity index (χ2n) is 4.40. The molecule has 0 aliphatic heterocycles. The van der Waals surface area contributed by atoms with E-state index in [-0.39, 0.29) is 24.5 Å². The number of aromatic hydroxyl groups is 1. The third-order valence-electron chi connectivity index (χ3n) is 2.88. The number of aromatic nitrogens is 2. The maximum atomic E-state index is 12.2. The normalized spacial score (nSPS) is 10.7. The van der Waals surface area contributed by atoms with Crippen molar-refractivity contribution in [1.82, 2.24) is 9.13 Å². The van der Waals surface area contributed by atoms with Crippen molar-refractivity contribution >= 4 is 6.21 Å². The van der Waals surface area contributed by atoms with Gasteiger partial charge in [0, 0.05) is 19.3 Å². The number of aliphatic imine (C=N–C) groups is 1. The predicted molar refractivity (Wildman–Crippen MR) is 83.0 cm³/mol. The zero-order valence-corrected chi connectivity index (χ0v) is 12.1. The van der Waals surface area contributed by atoms with Crippen LogP contribution in [0.1, 0.15) is 25.3 Å². The van der Waals surface area contributed by atoms with E-state index in [1.54, 1.807) is 0 Å². The Morgan fingerprint density at radius 2 is 2.14 bits per heavy atom. The Morgan fingerprint density at radius 1 is 1.43 bits per heavy atom. The summed E-state index contributed by atoms with van der Waals surface area (Å²) < 4.78 is 2.19. The fraction of sp³-hybridized carbons (Fsp3) is 0.400. The number of hydrogen-bond acceptors (Lipinski definition) is 4. The Labute approximate surface area is 123 Å². The van der Waals surface area contributed by atoms with Crippen LogP contribution in [0.2, 0.25) is 0 Å². The van der Waals surface area contributed by atoms with Crippen LogP contribution in [0, 0.1) is 12.3 Å². The maximum Gasteiger partial charge on any atom is 0.334 e. The van der Waals surface area contributed by atoms with Gasteiger partial charge in [0.15, 0.2) is 0 Å². The lowest BCUT2D eigenvalue weighted by molar-refractivity contribution is 0.385. The first-order chi connectivity index (χ1) is 10.1. The van der Waals surface area contributed by atoms with Crippen LogP contribution in [0.5, 0.6) is 5.88 Å². The summed E-state index contributed by atoms with van der Waals surface area (Å²) in [4.78, 5) is 28.3. The van der Waals surface area contributed by atoms with Gasteiger partial charge >= 0.3 is 5.69 Å². The molecule has 1 rings (SSSR count). The number of rotatable bonds is 7. The molecule has 0 saturated heterocycles. The van der Waals surface area contributed by atoms with Crippen molar-refractivity contribution in [3.05, 3.63) is 39.1 Å². The second kappa shape index (κ2) is 7.90. The third-order valence-corrected chi connectivity index (χ3v) is 2.88. The quantitative estimate of drug-likeness (QED) is 0.457. The summed E-state index contributed by atoms with van der Waals surface area (Å²) in [6.07, 6.45) is 9.31. The van der Waals surface area contributed by atoms with Gasteiger partial charge in [-0.05, 0) is 6.42 Å². The highest BCUT2D eigenvalue weighted by molar-refractivity contribution is 5.82. The molecule has 0 fully saturated rings. The fourth-order valence-electron chi connectivity index (χ4n) is 1.82. The standard InChI is InChI=1S/C15H19N3O3/c1-4-7-10-18-14(20)12(11-16-8-5-2)13(19)17(9-6-3)15(18)21/h2,6,11,20H,3-4,7-10H2,1H3. The molecule has 0 aromatic carbocycles. The molecule has 0 atom stereocenters. The van der Waals surface area contributed by atoms with Crippen LogP contribution < -0.4 is 11.2 Å². The molecule has 21 heavy (non-hydrogen) atoms. The molecule has 0 spiro atoms. The molecule has 0 amide bonds. The Hall–Kier alpha value is -2.55. The molecule has 0 radical (unpaired) electrons. The lowest BCUT2D eigenvalue weighted by atomic mass is 10.3. The van der Waals surface area contributed by atoms with Crippen molar-refractivity contribution in [1.29, 1.82) is 0 Å². The van der Waals surface area contributed by atoms with E-state index in [1.165, 1.54) is 16.9 Å². The Kier molecular flexibility index (Phi) is 6.21. The van der Waals surface area contributed by atoms with E-state index >= 15 is 0 Å². The van der Waals surface area contributed by atoms with Crippen molar-refractivity contribution in [2.45, 2.75) is 32.9 Å². The van der Waals surface area contributed by atoms with Gasteiger partial charge in [0.1, 0.15) is 5.56 Å². The molecule has 0 unspecified atom stereocenters. The third kappa shape index (κ3) is 3.72. The van der Waals surface area contributed by atoms with Gasteiger partial charge in [-0.25, -0.2) is 4.79 Å². The molecular formula is C15H19N3O3. The molecule has 0 aliphatic rings. The molecule has 0 saturated carbocycles. The molecule has 0 bridgehead atoms. The minimum Gasteiger partial charge on any atom is -0.494 e. The van der Waals surface area contributed by atoms with Gasteiger partial charge in [0.05, 0.1) is 6.54 Å². The molecule has 6 heteroatoms. The second-order valence-corrected chi connectivity index (χ2v) is 4.40. The van der Waals surface area contributed by atoms with Crippen LogP contribution in [0.4, 0.5) is 0 Å². The zero-order chi connectivity index (χ0) is 15.8. The van der Waals surface area contributed by atoms with Crippen LogP contribution in [0.3, 0.4) is 0 Å². The van der Waals surface area contributed by atoms with Crippen LogP contribution >= 0.6 is 0 Å². The summed E-state index contributed by atoms with van der Waals surface area (Å²) >= 11 is 0. The van der Waals surface area contributed by atoms with Gasteiger partial charge in [0.25, 0.3) is 5.56 Å². The summed E-state index contributed by atoms with van der Waals surface area (Å²) in [5.41, 5.74) is -1.20. The number of hydrogen-bond donors (Lipinski definition) is 1. The first kappa shape index (κ1) is 16.5. The van der Waals surface area contributed by atoms with Gasteiger partial charge < -0.3 is 5.11 Å². The minimum absolute atomic E-state index is 0.0391. The largest absolute Gasteiger partial charge is 0.494 e. The van der Waals surface area contributed by atoms with Crippen molar-refractivity contribution < 1.29 is 5.11 Å². The summed E-state index contributed by atoms with van der Waals surface area (Å²) in [6, 6.07) is 0. The van der Waals surface area contributed by atoms with Crippen molar-refractivity contribution in [3.63, 3.8) is 0 Å². The van der Waals surface area contributed by atoms with Gasteiger partial charge in [-0.3, -0.25) is 18.9 Å². The highest BCUT2D eigenvalue weighted by Crippen LogP contribution is 2.09. The van der Waals surface area contributed by atoms with Gasteiger partial charge in [-0.2, -0.15) is 0 Å². The number of nitrogens with zero attached hydrogens (tertiary/aromatic N) is 3. The minimum atomic E-state index is -0.606. The molecule has 1 aromatic heterocycles. The van der Waals surface area contributed by atoms with E-state index in [0.29, 0.717) is 13.0 Å². The Bertz CT molecular complexity index is 690. The monoisotopic (exact) mass is 289 g/mol. The van der Waals surface area contributed by atoms with Crippen molar-refractivity contribution in [2.75, 3.05) is 6.54 Å². The molecule has 0 aliphatic carbocycles. The molecule has 1 aromatic rings. The van der Waals surface area contributed by atoms with Crippen LogP contribution in [-0.2, 0) is 13.1 Å². The van der Waals surface area contributed by atoms with E-state index in [9.17, 15) is 14.7 Å². The summed E-state index contributed by atoms with van der Waals surface area (Å²) in [5.74, 6) is 1.93. The van der Waals surface area contributed by atoms with Gasteiger partial charge in [0.2, 0.25) is 5.88 Å². The molecule has 1 N–H and O–H groups in total. The average Bonchev–Trinajstić information content (AvgIpc) is 2.47. The summed E-state index contributed by atoms with van der Waals surface area (Å²) in [5, 5.41) is 10.1. The first-order valence-electron chi connectivity index (χ1n) is 6.69. The van der Waals surface area contributed by atoms with E-state index in [1.807, 2.05) is 6.92 Å². The first-order valence-corrected chi connectivity index (χ1v) is 6.69. The maximum absolute atomic E-state index is 12.2. The van der Waals surface area contributed by atoms with E-state index in [4.69, 9.17) is 6.42 Å². The molecule has 112 valence electrons. The fourth-order valence-corrected chi connectivity index (χ4v) is 1.82. The topological polar surface area (TPSA) is 76.6 Å². The zero-order valence-electron chi connectivity index (χ0n) is 12.1. The highest BCUT2D eigenvalue weighted by Gasteiger charge is 2.16. The van der Waals surface area contributed by atoms with E-state index in [0.717, 1.165) is 11.0 Å². The predicted octanol–water partition coefficient (Wildman–Crippen LogP) is 0.754. The molecule has 1 heterocycles. The smallest absolute Gasteiger partial charge is 0.334 e. The van der Waals surface area contributed by atoms with Crippen LogP contribution in [0.15, 0.2) is 27.2 Å². The van der Waals surface area contributed by atoms with Crippen molar-refractivity contribution in [2.24, 2.45) is 4.99 Å². The summed E-state index contributed by atoms with van der Waals surface area (Å²) in [6.45, 7) is 5.99. The lowest BCUT2D eigenvalue weighted by Gasteiger charge is -2.13. The van der Waals surface area contributed by atoms with Gasteiger partial charge in [-0.1, -0.05) is 25.3 Å². The van der Waals surface area contributed by atoms with Gasteiger partial charge in [-0.15, -0.1) is 13.0 Å². The average molecular weight is 289 g/mol. The summed E-state index contributed by atoms with van der Waals surface area (Å²) in [7, 11) is 0. The van der Waals surface area contributed by atoms with E-state index in [2.05, 4.69) is 17.5 Å². The Balaban J connectivity index is 3.52. The van der Waals surface area contributed by atoms with E-state index < -0.39 is 11.2 Å². The van der Waals surface area contributed by atoms with Crippen LogP contribution in [0.25, 0.3) is 0 Å². The van der Waals surface area contributed by atoms with Crippen molar-refractivity contribution in [3.8, 4) is 18.2 Å². The molecule has 6 nitrogen and oxygen atoms in total. The molecular weight excluding hydrogens is 270 g/mol. The highest BCUT2D eigenvalue weighted by atomic mass is 16.3.